The van der Waals surface area contributed by atoms with Gasteiger partial charge < -0.3 is 9.57 Å². The Morgan fingerprint density at radius 1 is 0.826 bits per heavy atom. The third-order valence-electron chi connectivity index (χ3n) is 3.17. The van der Waals surface area contributed by atoms with Crippen molar-refractivity contribution in [2.45, 2.75) is 25.7 Å². The van der Waals surface area contributed by atoms with Gasteiger partial charge in [0, 0.05) is 25.7 Å². The average molecular weight is 326 g/mol. The van der Waals surface area contributed by atoms with Gasteiger partial charge in [-0.25, -0.2) is 4.79 Å². The number of hydrogen-bond acceptors (Lipinski definition) is 8. The predicted octanol–water partition coefficient (Wildman–Crippen LogP) is -1.67. The van der Waals surface area contributed by atoms with Gasteiger partial charge in [0.1, 0.15) is 13.2 Å². The van der Waals surface area contributed by atoms with Crippen LogP contribution in [0.5, 0.6) is 0 Å². The van der Waals surface area contributed by atoms with Crippen LogP contribution in [0.4, 0.5) is 0 Å². The molecule has 0 aliphatic carbocycles. The number of hydrogen-bond donors (Lipinski definition) is 0. The largest absolute Gasteiger partial charge is 0.362 e. The summed E-state index contributed by atoms with van der Waals surface area (Å²) in [7, 11) is 0. The van der Waals surface area contributed by atoms with Crippen LogP contribution in [0.25, 0.3) is 0 Å². The van der Waals surface area contributed by atoms with Crippen LogP contribution in [0.2, 0.25) is 0 Å². The maximum atomic E-state index is 11.6. The molecule has 10 nitrogen and oxygen atoms in total. The van der Waals surface area contributed by atoms with Gasteiger partial charge in [-0.2, -0.15) is 0 Å². The van der Waals surface area contributed by atoms with Crippen molar-refractivity contribution >= 4 is 35.4 Å². The Morgan fingerprint density at radius 2 is 1.35 bits per heavy atom. The van der Waals surface area contributed by atoms with Crippen LogP contribution >= 0.6 is 0 Å². The van der Waals surface area contributed by atoms with Crippen molar-refractivity contribution in [2.75, 3.05) is 19.8 Å². The zero-order chi connectivity index (χ0) is 17.0. The van der Waals surface area contributed by atoms with E-state index in [1.807, 2.05) is 0 Å². The van der Waals surface area contributed by atoms with E-state index in [2.05, 4.69) is 4.84 Å². The highest BCUT2D eigenvalue weighted by atomic mass is 16.7. The summed E-state index contributed by atoms with van der Waals surface area (Å²) in [6.45, 7) is -1.56. The van der Waals surface area contributed by atoms with E-state index in [1.165, 1.54) is 0 Å². The van der Waals surface area contributed by atoms with Crippen molar-refractivity contribution in [2.24, 2.45) is 0 Å². The normalized spacial score (nSPS) is 18.1. The molecule has 2 heterocycles. The summed E-state index contributed by atoms with van der Waals surface area (Å²) in [5, 5.41) is 0.370. The molecule has 0 aromatic rings. The van der Waals surface area contributed by atoms with Crippen LogP contribution in [0.15, 0.2) is 0 Å². The average Bonchev–Trinajstić information content (AvgIpc) is 2.97. The summed E-state index contributed by atoms with van der Waals surface area (Å²) >= 11 is 0. The Bertz CT molecular complexity index is 503. The van der Waals surface area contributed by atoms with Gasteiger partial charge in [0.25, 0.3) is 11.8 Å². The van der Waals surface area contributed by atoms with Gasteiger partial charge in [0.2, 0.25) is 11.8 Å². The highest BCUT2D eigenvalue weighted by Crippen LogP contribution is 2.12. The number of Topliss-reactive ketones (excluding diaryl/α,β-unsaturated/α-hetero) is 1. The van der Waals surface area contributed by atoms with Crippen molar-refractivity contribution in [1.29, 1.82) is 0 Å². The molecule has 23 heavy (non-hydrogen) atoms. The van der Waals surface area contributed by atoms with E-state index in [1.54, 1.807) is 0 Å². The Morgan fingerprint density at radius 3 is 1.91 bits per heavy atom. The Labute approximate surface area is 130 Å². The molecule has 2 fully saturated rings. The second kappa shape index (κ2) is 7.09. The third-order valence-corrected chi connectivity index (χ3v) is 3.17. The lowest BCUT2D eigenvalue weighted by Crippen LogP contribution is -2.36. The molecule has 0 radical (unpaired) electrons. The Kier molecular flexibility index (Phi) is 5.16. The van der Waals surface area contributed by atoms with Crippen LogP contribution in [0, 0.1) is 0 Å². The predicted molar refractivity (Wildman–Crippen MR) is 69.0 cm³/mol. The number of likely N-dealkylation sites (tertiary alicyclic amines) is 1. The van der Waals surface area contributed by atoms with Crippen molar-refractivity contribution in [3.05, 3.63) is 0 Å². The lowest BCUT2D eigenvalue weighted by atomic mass is 10.4. The van der Waals surface area contributed by atoms with E-state index in [0.717, 1.165) is 4.90 Å². The zero-order valence-electron chi connectivity index (χ0n) is 12.1. The van der Waals surface area contributed by atoms with E-state index in [-0.39, 0.29) is 25.7 Å². The summed E-state index contributed by atoms with van der Waals surface area (Å²) in [5.41, 5.74) is 0. The first-order chi connectivity index (χ1) is 10.9. The van der Waals surface area contributed by atoms with Crippen molar-refractivity contribution in [3.63, 3.8) is 0 Å². The van der Waals surface area contributed by atoms with Crippen molar-refractivity contribution in [1.82, 2.24) is 9.96 Å². The molecule has 0 aromatic heterocycles. The summed E-state index contributed by atoms with van der Waals surface area (Å²) in [5.74, 6) is -3.65. The van der Waals surface area contributed by atoms with Crippen LogP contribution in [0.3, 0.4) is 0 Å². The summed E-state index contributed by atoms with van der Waals surface area (Å²) in [6.07, 6.45) is 0.112. The van der Waals surface area contributed by atoms with Gasteiger partial charge in [-0.15, -0.1) is 5.06 Å². The van der Waals surface area contributed by atoms with Gasteiger partial charge in [0.05, 0.1) is 6.54 Å². The fourth-order valence-electron chi connectivity index (χ4n) is 2.06. The summed E-state index contributed by atoms with van der Waals surface area (Å²) in [6, 6.07) is 0. The van der Waals surface area contributed by atoms with Gasteiger partial charge in [-0.1, -0.05) is 0 Å². The van der Waals surface area contributed by atoms with Crippen LogP contribution in [-0.2, 0) is 38.3 Å². The van der Waals surface area contributed by atoms with Crippen LogP contribution in [0.1, 0.15) is 25.7 Å². The van der Waals surface area contributed by atoms with Crippen molar-refractivity contribution in [3.8, 4) is 0 Å². The second-order valence-corrected chi connectivity index (χ2v) is 4.95. The van der Waals surface area contributed by atoms with Gasteiger partial charge >= 0.3 is 5.97 Å². The molecular weight excluding hydrogens is 312 g/mol. The number of imide groups is 2. The first-order valence-corrected chi connectivity index (χ1v) is 6.87. The molecule has 2 rings (SSSR count). The topological polar surface area (TPSA) is 127 Å². The van der Waals surface area contributed by atoms with E-state index < -0.39 is 55.1 Å². The fourth-order valence-corrected chi connectivity index (χ4v) is 2.06. The number of carbonyl (C=O) groups excluding carboxylic acids is 6. The van der Waals surface area contributed by atoms with Crippen molar-refractivity contribution < 1.29 is 38.3 Å². The second-order valence-electron chi connectivity index (χ2n) is 4.95. The fraction of sp³-hybridized carbons (Fsp3) is 0.538. The molecule has 124 valence electrons. The molecule has 0 saturated carbocycles. The maximum Gasteiger partial charge on any atom is 0.358 e. The van der Waals surface area contributed by atoms with Gasteiger partial charge in [-0.05, 0) is 0 Å². The minimum atomic E-state index is -1.00. The lowest BCUT2D eigenvalue weighted by molar-refractivity contribution is -0.200. The molecule has 10 heteroatoms. The molecule has 2 aliphatic rings. The van der Waals surface area contributed by atoms with Crippen LogP contribution in [-0.4, -0.2) is 65.1 Å². The molecule has 0 N–H and O–H groups in total. The quantitative estimate of drug-likeness (QED) is 0.508. The van der Waals surface area contributed by atoms with Gasteiger partial charge in [0.15, 0.2) is 5.78 Å². The molecule has 0 atom stereocenters. The van der Waals surface area contributed by atoms with Crippen LogP contribution < -0.4 is 0 Å². The number of amides is 4. The molecule has 0 spiro atoms. The number of ketones is 1. The summed E-state index contributed by atoms with van der Waals surface area (Å²) < 4.78 is 4.80. The molecule has 0 unspecified atom stereocenters. The molecule has 2 saturated heterocycles. The number of hydroxylamine groups is 2. The Hall–Kier alpha value is -2.62. The Balaban J connectivity index is 1.68. The third kappa shape index (κ3) is 4.19. The van der Waals surface area contributed by atoms with E-state index in [4.69, 9.17) is 4.74 Å². The SMILES string of the molecule is O=C(COCC(=O)ON1C(=O)CCC1=O)CN1C(=O)CCC1=O. The number of carbonyl (C=O) groups is 6. The number of ether oxygens (including phenoxy) is 1. The zero-order valence-corrected chi connectivity index (χ0v) is 12.1. The van der Waals surface area contributed by atoms with E-state index in [9.17, 15) is 28.8 Å². The molecule has 2 aliphatic heterocycles. The molecule has 0 aromatic carbocycles. The smallest absolute Gasteiger partial charge is 0.358 e. The number of rotatable bonds is 7. The first-order valence-electron chi connectivity index (χ1n) is 6.87. The molecule has 4 amide bonds. The summed E-state index contributed by atoms with van der Waals surface area (Å²) in [4.78, 5) is 73.4. The highest BCUT2D eigenvalue weighted by Gasteiger charge is 2.33. The minimum Gasteiger partial charge on any atom is -0.362 e. The first kappa shape index (κ1) is 16.7. The van der Waals surface area contributed by atoms with E-state index >= 15 is 0 Å². The molecular formula is C13H14N2O8. The van der Waals surface area contributed by atoms with E-state index in [0.29, 0.717) is 5.06 Å². The number of nitrogens with zero attached hydrogens (tertiary/aromatic N) is 2. The monoisotopic (exact) mass is 326 g/mol. The highest BCUT2D eigenvalue weighted by molar-refractivity contribution is 6.05. The molecule has 0 bridgehead atoms. The van der Waals surface area contributed by atoms with Gasteiger partial charge in [-0.3, -0.25) is 28.9 Å². The lowest BCUT2D eigenvalue weighted by Gasteiger charge is -2.13. The minimum absolute atomic E-state index is 0.0245. The standard InChI is InChI=1S/C13H14N2O8/c16-8(5-14-9(17)1-2-10(14)18)6-22-7-13(21)23-15-11(19)3-4-12(15)20/h1-7H2. The maximum absolute atomic E-state index is 11.6.